The Labute approximate surface area is 62.3 Å². The minimum atomic E-state index is -0.118. The Morgan fingerprint density at radius 1 is 1.70 bits per heavy atom. The van der Waals surface area contributed by atoms with E-state index in [9.17, 15) is 0 Å². The number of hydrogen-bond donors (Lipinski definition) is 2. The molecule has 58 valence electrons. The maximum Gasteiger partial charge on any atom is 0.0352 e. The van der Waals surface area contributed by atoms with E-state index in [-0.39, 0.29) is 5.54 Å². The fourth-order valence-electron chi connectivity index (χ4n) is 1.46. The van der Waals surface area contributed by atoms with Crippen LogP contribution in [0.15, 0.2) is 11.6 Å². The Hall–Kier alpha value is -0.340. The monoisotopic (exact) mass is 140 g/mol. The summed E-state index contributed by atoms with van der Waals surface area (Å²) in [5.41, 5.74) is 12.6. The van der Waals surface area contributed by atoms with Crippen molar-refractivity contribution in [3.8, 4) is 0 Å². The summed E-state index contributed by atoms with van der Waals surface area (Å²) >= 11 is 0. The van der Waals surface area contributed by atoms with Gasteiger partial charge in [-0.15, -0.1) is 0 Å². The SMILES string of the molecule is CC1(N)CCCC=C1CN. The Morgan fingerprint density at radius 3 is 2.80 bits per heavy atom. The summed E-state index contributed by atoms with van der Waals surface area (Å²) in [6, 6.07) is 0. The summed E-state index contributed by atoms with van der Waals surface area (Å²) in [5.74, 6) is 0. The molecular formula is C8H16N2. The molecule has 0 aromatic rings. The van der Waals surface area contributed by atoms with Crippen molar-refractivity contribution in [2.75, 3.05) is 6.54 Å². The largest absolute Gasteiger partial charge is 0.327 e. The fraction of sp³-hybridized carbons (Fsp3) is 0.750. The molecular weight excluding hydrogens is 124 g/mol. The van der Waals surface area contributed by atoms with E-state index >= 15 is 0 Å². The third kappa shape index (κ3) is 1.39. The zero-order valence-corrected chi connectivity index (χ0v) is 6.56. The molecule has 0 heterocycles. The molecule has 0 saturated carbocycles. The lowest BCUT2D eigenvalue weighted by Crippen LogP contribution is -2.42. The Kier molecular flexibility index (Phi) is 2.11. The molecule has 10 heavy (non-hydrogen) atoms. The van der Waals surface area contributed by atoms with Gasteiger partial charge in [-0.05, 0) is 31.8 Å². The lowest BCUT2D eigenvalue weighted by molar-refractivity contribution is 0.457. The quantitative estimate of drug-likeness (QED) is 0.529. The van der Waals surface area contributed by atoms with Crippen molar-refractivity contribution in [2.24, 2.45) is 11.5 Å². The molecule has 0 aliphatic heterocycles. The summed E-state index contributed by atoms with van der Waals surface area (Å²) in [7, 11) is 0. The van der Waals surface area contributed by atoms with E-state index in [1.54, 1.807) is 0 Å². The second kappa shape index (κ2) is 2.72. The normalized spacial score (nSPS) is 33.7. The van der Waals surface area contributed by atoms with Crippen molar-refractivity contribution >= 4 is 0 Å². The summed E-state index contributed by atoms with van der Waals surface area (Å²) < 4.78 is 0. The van der Waals surface area contributed by atoms with Crippen molar-refractivity contribution in [3.63, 3.8) is 0 Å². The highest BCUT2D eigenvalue weighted by molar-refractivity contribution is 5.21. The molecule has 2 heteroatoms. The van der Waals surface area contributed by atoms with Crippen molar-refractivity contribution in [1.82, 2.24) is 0 Å². The average Bonchev–Trinajstić information content (AvgIpc) is 1.87. The van der Waals surface area contributed by atoms with Gasteiger partial charge in [-0.2, -0.15) is 0 Å². The zero-order valence-electron chi connectivity index (χ0n) is 6.56. The van der Waals surface area contributed by atoms with Crippen LogP contribution in [0.1, 0.15) is 26.2 Å². The van der Waals surface area contributed by atoms with Gasteiger partial charge in [0, 0.05) is 12.1 Å². The van der Waals surface area contributed by atoms with E-state index in [0.717, 1.165) is 12.8 Å². The van der Waals surface area contributed by atoms with Gasteiger partial charge in [0.05, 0.1) is 0 Å². The van der Waals surface area contributed by atoms with Gasteiger partial charge in [-0.3, -0.25) is 0 Å². The van der Waals surface area contributed by atoms with Crippen LogP contribution in [0, 0.1) is 0 Å². The van der Waals surface area contributed by atoms with E-state index in [1.807, 2.05) is 0 Å². The van der Waals surface area contributed by atoms with Crippen LogP contribution >= 0.6 is 0 Å². The van der Waals surface area contributed by atoms with Crippen LogP contribution in [0.3, 0.4) is 0 Å². The predicted octanol–water partition coefficient (Wildman–Crippen LogP) is 0.773. The zero-order chi connectivity index (χ0) is 7.61. The fourth-order valence-corrected chi connectivity index (χ4v) is 1.46. The van der Waals surface area contributed by atoms with E-state index in [1.165, 1.54) is 12.0 Å². The van der Waals surface area contributed by atoms with Crippen LogP contribution in [-0.2, 0) is 0 Å². The molecule has 0 fully saturated rings. The Balaban J connectivity index is 2.73. The first-order chi connectivity index (χ1) is 4.67. The molecule has 0 amide bonds. The number of rotatable bonds is 1. The minimum Gasteiger partial charge on any atom is -0.327 e. The van der Waals surface area contributed by atoms with Gasteiger partial charge in [0.2, 0.25) is 0 Å². The highest BCUT2D eigenvalue weighted by Gasteiger charge is 2.24. The van der Waals surface area contributed by atoms with E-state index < -0.39 is 0 Å². The molecule has 4 N–H and O–H groups in total. The second-order valence-corrected chi connectivity index (χ2v) is 3.24. The van der Waals surface area contributed by atoms with Crippen LogP contribution in [0.4, 0.5) is 0 Å². The summed E-state index contributed by atoms with van der Waals surface area (Å²) in [6.45, 7) is 2.68. The molecule has 2 nitrogen and oxygen atoms in total. The topological polar surface area (TPSA) is 52.0 Å². The van der Waals surface area contributed by atoms with Crippen LogP contribution in [0.2, 0.25) is 0 Å². The lowest BCUT2D eigenvalue weighted by atomic mass is 9.83. The van der Waals surface area contributed by atoms with E-state index in [2.05, 4.69) is 13.0 Å². The van der Waals surface area contributed by atoms with Crippen molar-refractivity contribution in [1.29, 1.82) is 0 Å². The average molecular weight is 140 g/mol. The third-order valence-corrected chi connectivity index (χ3v) is 2.24. The Bertz CT molecular complexity index is 147. The molecule has 1 atom stereocenters. The van der Waals surface area contributed by atoms with Crippen molar-refractivity contribution < 1.29 is 0 Å². The first-order valence-corrected chi connectivity index (χ1v) is 3.85. The van der Waals surface area contributed by atoms with E-state index in [0.29, 0.717) is 6.54 Å². The number of allylic oxidation sites excluding steroid dienone is 1. The van der Waals surface area contributed by atoms with Crippen LogP contribution < -0.4 is 11.5 Å². The van der Waals surface area contributed by atoms with Gasteiger partial charge < -0.3 is 11.5 Å². The van der Waals surface area contributed by atoms with Gasteiger partial charge in [0.25, 0.3) is 0 Å². The molecule has 0 bridgehead atoms. The van der Waals surface area contributed by atoms with Gasteiger partial charge in [-0.1, -0.05) is 6.08 Å². The van der Waals surface area contributed by atoms with Crippen molar-refractivity contribution in [2.45, 2.75) is 31.7 Å². The minimum absolute atomic E-state index is 0.118. The highest BCUT2D eigenvalue weighted by Crippen LogP contribution is 2.25. The van der Waals surface area contributed by atoms with Crippen LogP contribution in [-0.4, -0.2) is 12.1 Å². The molecule has 0 saturated heterocycles. The summed E-state index contributed by atoms with van der Waals surface area (Å²) in [4.78, 5) is 0. The lowest BCUT2D eigenvalue weighted by Gasteiger charge is -2.30. The molecule has 0 spiro atoms. The molecule has 0 aromatic carbocycles. The standard InChI is InChI=1S/C8H16N2/c1-8(10)5-3-2-4-7(8)6-9/h4H,2-3,5-6,9-10H2,1H3. The van der Waals surface area contributed by atoms with Crippen molar-refractivity contribution in [3.05, 3.63) is 11.6 Å². The molecule has 1 aliphatic carbocycles. The predicted molar refractivity (Wildman–Crippen MR) is 43.6 cm³/mol. The van der Waals surface area contributed by atoms with Gasteiger partial charge in [0.15, 0.2) is 0 Å². The molecule has 1 aliphatic rings. The second-order valence-electron chi connectivity index (χ2n) is 3.24. The molecule has 0 aromatic heterocycles. The van der Waals surface area contributed by atoms with Gasteiger partial charge in [0.1, 0.15) is 0 Å². The number of hydrogen-bond acceptors (Lipinski definition) is 2. The maximum absolute atomic E-state index is 5.98. The third-order valence-electron chi connectivity index (χ3n) is 2.24. The maximum atomic E-state index is 5.98. The first kappa shape index (κ1) is 7.76. The first-order valence-electron chi connectivity index (χ1n) is 3.85. The summed E-state index contributed by atoms with van der Waals surface area (Å²) in [6.07, 6.45) is 5.62. The van der Waals surface area contributed by atoms with Crippen LogP contribution in [0.25, 0.3) is 0 Å². The number of nitrogens with two attached hydrogens (primary N) is 2. The summed E-state index contributed by atoms with van der Waals surface area (Å²) in [5, 5.41) is 0. The van der Waals surface area contributed by atoms with Gasteiger partial charge >= 0.3 is 0 Å². The molecule has 1 unspecified atom stereocenters. The molecule has 1 rings (SSSR count). The van der Waals surface area contributed by atoms with Gasteiger partial charge in [-0.25, -0.2) is 0 Å². The van der Waals surface area contributed by atoms with Crippen LogP contribution in [0.5, 0.6) is 0 Å². The van der Waals surface area contributed by atoms with E-state index in [4.69, 9.17) is 11.5 Å². The molecule has 0 radical (unpaired) electrons. The smallest absolute Gasteiger partial charge is 0.0352 e. The highest BCUT2D eigenvalue weighted by atomic mass is 14.7. The Morgan fingerprint density at radius 2 is 2.40 bits per heavy atom.